The number of rotatable bonds is 6. The smallest absolute Gasteiger partial charge is 0.274 e. The Kier molecular flexibility index (Phi) is 6.38. The number of carbonyl (C=O) groups is 2. The predicted molar refractivity (Wildman–Crippen MR) is 128 cm³/mol. The van der Waals surface area contributed by atoms with E-state index in [2.05, 4.69) is 35.3 Å². The van der Waals surface area contributed by atoms with Crippen molar-refractivity contribution in [3.8, 4) is 22.6 Å². The lowest BCUT2D eigenvalue weighted by molar-refractivity contribution is 0.0934. The molecule has 2 amide bonds. The SMILES string of the molecule is Cc1cc(-c2nc(C(=O)NC(C)c3cncc(C(N)=O)n3)c(N)nc2-c2ccn(C)n2)cc(Cl)n1. The molecule has 35 heavy (non-hydrogen) atoms. The summed E-state index contributed by atoms with van der Waals surface area (Å²) in [7, 11) is 1.77. The molecule has 1 unspecified atom stereocenters. The monoisotopic (exact) mass is 492 g/mol. The van der Waals surface area contributed by atoms with Crippen LogP contribution < -0.4 is 16.8 Å². The molecule has 1 atom stereocenters. The number of nitrogens with one attached hydrogen (secondary N) is 1. The molecule has 5 N–H and O–H groups in total. The zero-order chi connectivity index (χ0) is 25.3. The van der Waals surface area contributed by atoms with Crippen molar-refractivity contribution in [3.63, 3.8) is 0 Å². The molecule has 4 heterocycles. The number of aryl methyl sites for hydroxylation is 2. The van der Waals surface area contributed by atoms with Gasteiger partial charge in [0.05, 0.1) is 29.8 Å². The van der Waals surface area contributed by atoms with Crippen LogP contribution in [-0.2, 0) is 7.05 Å². The van der Waals surface area contributed by atoms with Crippen LogP contribution in [0.1, 0.15) is 45.3 Å². The summed E-state index contributed by atoms with van der Waals surface area (Å²) in [5, 5.41) is 7.41. The molecule has 0 saturated heterocycles. The minimum atomic E-state index is -0.728. The van der Waals surface area contributed by atoms with E-state index in [4.69, 9.17) is 23.1 Å². The lowest BCUT2D eigenvalue weighted by atomic mass is 10.1. The van der Waals surface area contributed by atoms with Crippen molar-refractivity contribution in [2.75, 3.05) is 5.73 Å². The van der Waals surface area contributed by atoms with Crippen LogP contribution in [0.15, 0.2) is 36.8 Å². The first kappa shape index (κ1) is 23.7. The molecule has 13 heteroatoms. The molecule has 0 aromatic carbocycles. The largest absolute Gasteiger partial charge is 0.382 e. The minimum Gasteiger partial charge on any atom is -0.382 e. The Morgan fingerprint density at radius 1 is 1.11 bits per heavy atom. The second kappa shape index (κ2) is 9.43. The van der Waals surface area contributed by atoms with Crippen LogP contribution in [-0.4, -0.2) is 46.5 Å². The second-order valence-corrected chi connectivity index (χ2v) is 8.13. The normalized spacial score (nSPS) is 11.8. The zero-order valence-corrected chi connectivity index (χ0v) is 19.8. The first-order valence-corrected chi connectivity index (χ1v) is 10.7. The zero-order valence-electron chi connectivity index (χ0n) is 19.0. The Hall–Kier alpha value is -4.45. The standard InChI is InChI=1S/C22H21ClN10O2/c1-10-6-12(7-16(23)27-10)17-18(13-4-5-33(3)32-13)31-20(24)19(30-17)22(35)28-11(2)14-8-26-9-15(29-14)21(25)34/h4-9,11H,1-3H3,(H2,24,31)(H2,25,34)(H,28,35). The molecule has 0 aliphatic rings. The summed E-state index contributed by atoms with van der Waals surface area (Å²) < 4.78 is 1.62. The number of nitrogens with zero attached hydrogens (tertiary/aromatic N) is 7. The van der Waals surface area contributed by atoms with Gasteiger partial charge in [0.2, 0.25) is 0 Å². The van der Waals surface area contributed by atoms with Gasteiger partial charge in [-0.25, -0.2) is 19.9 Å². The third kappa shape index (κ3) is 5.06. The first-order chi connectivity index (χ1) is 16.6. The number of nitrogen functional groups attached to an aromatic ring is 1. The van der Waals surface area contributed by atoms with Gasteiger partial charge < -0.3 is 16.8 Å². The maximum Gasteiger partial charge on any atom is 0.274 e. The summed E-state index contributed by atoms with van der Waals surface area (Å²) in [5.74, 6) is -1.42. The van der Waals surface area contributed by atoms with Crippen LogP contribution in [0.3, 0.4) is 0 Å². The summed E-state index contributed by atoms with van der Waals surface area (Å²) in [4.78, 5) is 45.8. The molecule has 12 nitrogen and oxygen atoms in total. The van der Waals surface area contributed by atoms with Crippen molar-refractivity contribution in [2.24, 2.45) is 12.8 Å². The molecule has 4 aromatic heterocycles. The highest BCUT2D eigenvalue weighted by Gasteiger charge is 2.23. The fraction of sp³-hybridized carbons (Fsp3) is 0.182. The van der Waals surface area contributed by atoms with Gasteiger partial charge in [-0.3, -0.25) is 19.3 Å². The highest BCUT2D eigenvalue weighted by atomic mass is 35.5. The van der Waals surface area contributed by atoms with Gasteiger partial charge in [-0.05, 0) is 32.0 Å². The number of amides is 2. The topological polar surface area (TPSA) is 180 Å². The van der Waals surface area contributed by atoms with E-state index < -0.39 is 17.9 Å². The molecular formula is C22H21ClN10O2. The maximum absolute atomic E-state index is 13.1. The number of primary amides is 1. The van der Waals surface area contributed by atoms with Crippen LogP contribution >= 0.6 is 11.6 Å². The quantitative estimate of drug-likeness (QED) is 0.338. The van der Waals surface area contributed by atoms with Gasteiger partial charge in [-0.2, -0.15) is 5.10 Å². The first-order valence-electron chi connectivity index (χ1n) is 10.4. The van der Waals surface area contributed by atoms with Crippen molar-refractivity contribution in [1.29, 1.82) is 0 Å². The molecule has 0 bridgehead atoms. The molecule has 4 rings (SSSR count). The summed E-state index contributed by atoms with van der Waals surface area (Å²) >= 11 is 6.18. The number of carbonyl (C=O) groups excluding carboxylic acids is 2. The van der Waals surface area contributed by atoms with Gasteiger partial charge in [-0.1, -0.05) is 11.6 Å². The third-order valence-electron chi connectivity index (χ3n) is 4.99. The molecule has 0 radical (unpaired) electrons. The Morgan fingerprint density at radius 3 is 2.54 bits per heavy atom. The number of hydrogen-bond acceptors (Lipinski definition) is 9. The number of halogens is 1. The highest BCUT2D eigenvalue weighted by molar-refractivity contribution is 6.29. The Morgan fingerprint density at radius 2 is 1.89 bits per heavy atom. The minimum absolute atomic E-state index is 0.0187. The molecule has 0 saturated carbocycles. The van der Waals surface area contributed by atoms with Crippen LogP contribution in [0.2, 0.25) is 5.15 Å². The van der Waals surface area contributed by atoms with Crippen molar-refractivity contribution in [3.05, 3.63) is 64.7 Å². The van der Waals surface area contributed by atoms with E-state index in [0.29, 0.717) is 34.0 Å². The van der Waals surface area contributed by atoms with Crippen LogP contribution in [0.4, 0.5) is 5.82 Å². The Balaban J connectivity index is 1.76. The average molecular weight is 493 g/mol. The van der Waals surface area contributed by atoms with Crippen LogP contribution in [0.5, 0.6) is 0 Å². The van der Waals surface area contributed by atoms with Crippen molar-refractivity contribution >= 4 is 29.2 Å². The highest BCUT2D eigenvalue weighted by Crippen LogP contribution is 2.31. The van der Waals surface area contributed by atoms with E-state index in [1.54, 1.807) is 50.0 Å². The van der Waals surface area contributed by atoms with Crippen LogP contribution in [0.25, 0.3) is 22.6 Å². The summed E-state index contributed by atoms with van der Waals surface area (Å²) in [6.45, 7) is 3.46. The lowest BCUT2D eigenvalue weighted by Gasteiger charge is -2.16. The molecule has 0 spiro atoms. The molecule has 0 aliphatic heterocycles. The van der Waals surface area contributed by atoms with E-state index in [0.717, 1.165) is 0 Å². The lowest BCUT2D eigenvalue weighted by Crippen LogP contribution is -2.30. The molecule has 0 fully saturated rings. The van der Waals surface area contributed by atoms with Gasteiger partial charge in [0.15, 0.2) is 11.5 Å². The third-order valence-corrected chi connectivity index (χ3v) is 5.18. The number of anilines is 1. The number of hydrogen-bond donors (Lipinski definition) is 3. The summed E-state index contributed by atoms with van der Waals surface area (Å²) in [6, 6.07) is 4.52. The summed E-state index contributed by atoms with van der Waals surface area (Å²) in [5.41, 5.74) is 14.2. The van der Waals surface area contributed by atoms with E-state index in [1.165, 1.54) is 12.4 Å². The number of nitrogens with two attached hydrogens (primary N) is 2. The van der Waals surface area contributed by atoms with E-state index in [-0.39, 0.29) is 22.4 Å². The molecule has 4 aromatic rings. The van der Waals surface area contributed by atoms with Crippen molar-refractivity contribution < 1.29 is 9.59 Å². The van der Waals surface area contributed by atoms with Gasteiger partial charge in [-0.15, -0.1) is 0 Å². The van der Waals surface area contributed by atoms with E-state index in [9.17, 15) is 9.59 Å². The number of pyridine rings is 1. The van der Waals surface area contributed by atoms with Crippen molar-refractivity contribution in [2.45, 2.75) is 19.9 Å². The Bertz CT molecular complexity index is 1430. The Labute approximate surface area is 204 Å². The van der Waals surface area contributed by atoms with Crippen molar-refractivity contribution in [1.82, 2.24) is 40.0 Å². The molecule has 178 valence electrons. The molecular weight excluding hydrogens is 472 g/mol. The second-order valence-electron chi connectivity index (χ2n) is 7.74. The number of aromatic nitrogens is 7. The fourth-order valence-electron chi connectivity index (χ4n) is 3.35. The van der Waals surface area contributed by atoms with E-state index >= 15 is 0 Å². The molecule has 0 aliphatic carbocycles. The van der Waals surface area contributed by atoms with Gasteiger partial charge in [0.1, 0.15) is 22.2 Å². The summed E-state index contributed by atoms with van der Waals surface area (Å²) in [6.07, 6.45) is 4.42. The van der Waals surface area contributed by atoms with E-state index in [1.807, 2.05) is 0 Å². The maximum atomic E-state index is 13.1. The predicted octanol–water partition coefficient (Wildman–Crippen LogP) is 1.86. The fourth-order valence-corrected chi connectivity index (χ4v) is 3.60. The average Bonchev–Trinajstić information content (AvgIpc) is 3.24. The van der Waals surface area contributed by atoms with Crippen LogP contribution in [0, 0.1) is 6.92 Å². The van der Waals surface area contributed by atoms with Gasteiger partial charge in [0, 0.05) is 24.5 Å². The van der Waals surface area contributed by atoms with Gasteiger partial charge in [0.25, 0.3) is 11.8 Å². The van der Waals surface area contributed by atoms with Gasteiger partial charge >= 0.3 is 0 Å².